The van der Waals surface area contributed by atoms with E-state index in [9.17, 15) is 9.59 Å². The Morgan fingerprint density at radius 2 is 1.47 bits per heavy atom. The summed E-state index contributed by atoms with van der Waals surface area (Å²) >= 11 is 0. The van der Waals surface area contributed by atoms with Crippen LogP contribution in [0, 0.1) is 0 Å². The van der Waals surface area contributed by atoms with E-state index in [-0.39, 0.29) is 5.91 Å². The molecule has 1 N–H and O–H groups in total. The lowest BCUT2D eigenvalue weighted by molar-refractivity contribution is -0.131. The van der Waals surface area contributed by atoms with Gasteiger partial charge in [-0.25, -0.2) is 0 Å². The zero-order valence-corrected chi connectivity index (χ0v) is 19.6. The van der Waals surface area contributed by atoms with Gasteiger partial charge in [-0.1, -0.05) is 51.7 Å². The van der Waals surface area contributed by atoms with Crippen molar-refractivity contribution in [2.24, 2.45) is 0 Å². The molecule has 1 aliphatic heterocycles. The van der Waals surface area contributed by atoms with Crippen LogP contribution < -0.4 is 10.2 Å². The molecule has 0 unspecified atom stereocenters. The van der Waals surface area contributed by atoms with Gasteiger partial charge < -0.3 is 15.1 Å². The molecule has 0 radical (unpaired) electrons. The Labute approximate surface area is 192 Å². The zero-order valence-electron chi connectivity index (χ0n) is 19.6. The van der Waals surface area contributed by atoms with Gasteiger partial charge in [0.15, 0.2) is 0 Å². The van der Waals surface area contributed by atoms with Gasteiger partial charge in [0, 0.05) is 49.5 Å². The van der Waals surface area contributed by atoms with Gasteiger partial charge in [0.2, 0.25) is 5.91 Å². The molecule has 5 nitrogen and oxygen atoms in total. The summed E-state index contributed by atoms with van der Waals surface area (Å²) in [5, 5.41) is 2.97. The van der Waals surface area contributed by atoms with Gasteiger partial charge in [0.25, 0.3) is 5.91 Å². The molecule has 0 aliphatic carbocycles. The number of nitrogens with one attached hydrogen (secondary N) is 1. The molecular formula is C27H37N3O2. The molecule has 2 amide bonds. The van der Waals surface area contributed by atoms with Crippen molar-refractivity contribution in [2.75, 3.05) is 36.4 Å². The molecule has 1 aliphatic rings. The van der Waals surface area contributed by atoms with Crippen molar-refractivity contribution < 1.29 is 9.59 Å². The van der Waals surface area contributed by atoms with E-state index in [1.165, 1.54) is 24.8 Å². The molecular weight excluding hydrogens is 398 g/mol. The van der Waals surface area contributed by atoms with Crippen molar-refractivity contribution in [3.05, 3.63) is 59.7 Å². The first-order chi connectivity index (χ1) is 15.6. The number of anilines is 2. The van der Waals surface area contributed by atoms with Crippen LogP contribution in [0.25, 0.3) is 0 Å². The summed E-state index contributed by atoms with van der Waals surface area (Å²) in [5.41, 5.74) is 3.80. The summed E-state index contributed by atoms with van der Waals surface area (Å²) in [6, 6.07) is 15.7. The van der Waals surface area contributed by atoms with Crippen LogP contribution in [-0.2, 0) is 11.2 Å². The fourth-order valence-corrected chi connectivity index (χ4v) is 4.10. The Bertz CT molecular complexity index is 853. The van der Waals surface area contributed by atoms with Crippen LogP contribution in [-0.4, -0.2) is 42.9 Å². The van der Waals surface area contributed by atoms with Crippen LogP contribution >= 0.6 is 0 Å². The number of rotatable bonds is 10. The second-order valence-electron chi connectivity index (χ2n) is 8.58. The Hall–Kier alpha value is -2.82. The average Bonchev–Trinajstić information content (AvgIpc) is 2.84. The predicted octanol–water partition coefficient (Wildman–Crippen LogP) is 5.51. The maximum absolute atomic E-state index is 12.5. The van der Waals surface area contributed by atoms with Crippen molar-refractivity contribution in [3.63, 3.8) is 0 Å². The van der Waals surface area contributed by atoms with Gasteiger partial charge in [-0.2, -0.15) is 0 Å². The number of unbranched alkanes of at least 4 members (excludes halogenated alkanes) is 4. The summed E-state index contributed by atoms with van der Waals surface area (Å²) in [6.45, 7) is 7.55. The number of benzene rings is 2. The third-order valence-electron chi connectivity index (χ3n) is 6.24. The van der Waals surface area contributed by atoms with E-state index in [1.807, 2.05) is 53.4 Å². The van der Waals surface area contributed by atoms with Crippen LogP contribution in [0.5, 0.6) is 0 Å². The number of aryl methyl sites for hydroxylation is 1. The third kappa shape index (κ3) is 6.84. The molecule has 172 valence electrons. The van der Waals surface area contributed by atoms with Crippen molar-refractivity contribution >= 4 is 23.2 Å². The largest absolute Gasteiger partial charge is 0.368 e. The molecule has 3 rings (SSSR count). The van der Waals surface area contributed by atoms with Crippen LogP contribution in [0.2, 0.25) is 0 Å². The Morgan fingerprint density at radius 3 is 2.09 bits per heavy atom. The molecule has 0 aromatic heterocycles. The first-order valence-electron chi connectivity index (χ1n) is 12.1. The topological polar surface area (TPSA) is 52.7 Å². The molecule has 5 heteroatoms. The van der Waals surface area contributed by atoms with E-state index in [1.54, 1.807) is 0 Å². The van der Waals surface area contributed by atoms with Crippen molar-refractivity contribution in [2.45, 2.75) is 58.8 Å². The highest BCUT2D eigenvalue weighted by molar-refractivity contribution is 6.04. The standard InChI is InChI=1S/C27H37N3O2/c1-3-5-6-7-8-9-26(31)30-20-18-29(19-21-30)25-16-14-24(15-17-25)28-27(32)23-12-10-22(4-2)11-13-23/h10-17H,3-9,18-21H2,1-2H3,(H,28,32). The number of piperazine rings is 1. The van der Waals surface area contributed by atoms with E-state index in [2.05, 4.69) is 24.1 Å². The molecule has 0 atom stereocenters. The molecule has 1 fully saturated rings. The summed E-state index contributed by atoms with van der Waals surface area (Å²) in [4.78, 5) is 29.2. The first-order valence-corrected chi connectivity index (χ1v) is 12.1. The lowest BCUT2D eigenvalue weighted by Crippen LogP contribution is -2.48. The Kier molecular flexibility index (Phi) is 9.14. The summed E-state index contributed by atoms with van der Waals surface area (Å²) < 4.78 is 0. The van der Waals surface area contributed by atoms with E-state index in [4.69, 9.17) is 0 Å². The highest BCUT2D eigenvalue weighted by atomic mass is 16.2. The van der Waals surface area contributed by atoms with Crippen LogP contribution in [0.3, 0.4) is 0 Å². The summed E-state index contributed by atoms with van der Waals surface area (Å²) in [6.07, 6.45) is 7.54. The van der Waals surface area contributed by atoms with Crippen molar-refractivity contribution in [1.29, 1.82) is 0 Å². The van der Waals surface area contributed by atoms with Gasteiger partial charge in [-0.3, -0.25) is 9.59 Å². The smallest absolute Gasteiger partial charge is 0.255 e. The number of hydrogen-bond acceptors (Lipinski definition) is 3. The fourth-order valence-electron chi connectivity index (χ4n) is 4.10. The zero-order chi connectivity index (χ0) is 22.8. The second-order valence-corrected chi connectivity index (χ2v) is 8.58. The maximum atomic E-state index is 12.5. The lowest BCUT2D eigenvalue weighted by Gasteiger charge is -2.36. The third-order valence-corrected chi connectivity index (χ3v) is 6.24. The lowest BCUT2D eigenvalue weighted by atomic mass is 10.1. The van der Waals surface area contributed by atoms with Crippen LogP contribution in [0.1, 0.15) is 68.3 Å². The van der Waals surface area contributed by atoms with Gasteiger partial charge in [-0.05, 0) is 54.8 Å². The minimum Gasteiger partial charge on any atom is -0.368 e. The molecule has 0 saturated carbocycles. The van der Waals surface area contributed by atoms with Gasteiger partial charge in [0.1, 0.15) is 0 Å². The quantitative estimate of drug-likeness (QED) is 0.501. The van der Waals surface area contributed by atoms with Gasteiger partial charge >= 0.3 is 0 Å². The van der Waals surface area contributed by atoms with Crippen molar-refractivity contribution in [3.8, 4) is 0 Å². The molecule has 2 aromatic carbocycles. The number of carbonyl (C=O) groups excluding carboxylic acids is 2. The van der Waals surface area contributed by atoms with Crippen molar-refractivity contribution in [1.82, 2.24) is 4.90 Å². The first kappa shape index (κ1) is 23.8. The van der Waals surface area contributed by atoms with E-state index in [0.29, 0.717) is 17.9 Å². The number of hydrogen-bond donors (Lipinski definition) is 1. The van der Waals surface area contributed by atoms with Crippen LogP contribution in [0.15, 0.2) is 48.5 Å². The summed E-state index contributed by atoms with van der Waals surface area (Å²) in [7, 11) is 0. The Morgan fingerprint density at radius 1 is 0.812 bits per heavy atom. The van der Waals surface area contributed by atoms with E-state index in [0.717, 1.165) is 56.8 Å². The van der Waals surface area contributed by atoms with Crippen LogP contribution in [0.4, 0.5) is 11.4 Å². The van der Waals surface area contributed by atoms with Gasteiger partial charge in [-0.15, -0.1) is 0 Å². The molecule has 1 saturated heterocycles. The van der Waals surface area contributed by atoms with E-state index < -0.39 is 0 Å². The fraction of sp³-hybridized carbons (Fsp3) is 0.481. The highest BCUT2D eigenvalue weighted by Crippen LogP contribution is 2.21. The normalized spacial score (nSPS) is 13.8. The minimum absolute atomic E-state index is 0.0952. The average molecular weight is 436 g/mol. The SMILES string of the molecule is CCCCCCCC(=O)N1CCN(c2ccc(NC(=O)c3ccc(CC)cc3)cc2)CC1. The maximum Gasteiger partial charge on any atom is 0.255 e. The monoisotopic (exact) mass is 435 g/mol. The summed E-state index contributed by atoms with van der Waals surface area (Å²) in [5.74, 6) is 0.202. The number of nitrogens with zero attached hydrogens (tertiary/aromatic N) is 2. The molecule has 0 bridgehead atoms. The number of amides is 2. The molecule has 0 spiro atoms. The molecule has 32 heavy (non-hydrogen) atoms. The molecule has 1 heterocycles. The second kappa shape index (κ2) is 12.3. The Balaban J connectivity index is 1.44. The van der Waals surface area contributed by atoms with E-state index >= 15 is 0 Å². The van der Waals surface area contributed by atoms with Gasteiger partial charge in [0.05, 0.1) is 0 Å². The number of carbonyl (C=O) groups is 2. The minimum atomic E-state index is -0.0952. The highest BCUT2D eigenvalue weighted by Gasteiger charge is 2.21. The predicted molar refractivity (Wildman–Crippen MR) is 132 cm³/mol. The molecule has 2 aromatic rings.